The number of likely N-dealkylation sites (N-methyl/N-ethyl adjacent to an activating group) is 1. The number of nitrogens with two attached hydrogens (primary N) is 3. The average Bonchev–Trinajstić information content (AvgIpc) is 3.19. The largest absolute Gasteiger partial charge is 0.394 e. The van der Waals surface area contributed by atoms with Gasteiger partial charge in [-0.2, -0.15) is 0 Å². The van der Waals surface area contributed by atoms with E-state index in [1.54, 1.807) is 0 Å². The highest BCUT2D eigenvalue weighted by atomic mass is 16.7. The molecular formula is C23H45N5O12. The Labute approximate surface area is 231 Å². The molecule has 0 radical (unpaired) electrons. The maximum atomic E-state index is 12.5. The van der Waals surface area contributed by atoms with Crippen molar-refractivity contribution in [3.05, 3.63) is 0 Å². The van der Waals surface area contributed by atoms with Crippen LogP contribution in [0.2, 0.25) is 0 Å². The molecule has 3 fully saturated rings. The topological polar surface area (TPSA) is 298 Å². The van der Waals surface area contributed by atoms with E-state index in [1.165, 1.54) is 0 Å². The van der Waals surface area contributed by atoms with Crippen LogP contribution in [0.15, 0.2) is 0 Å². The number of ether oxygens (including phenoxy) is 4. The van der Waals surface area contributed by atoms with Crippen molar-refractivity contribution in [3.8, 4) is 0 Å². The van der Waals surface area contributed by atoms with Crippen molar-refractivity contribution < 1.29 is 59.5 Å². The molecule has 0 aromatic heterocycles. The maximum absolute atomic E-state index is 12.5. The molecule has 40 heavy (non-hydrogen) atoms. The van der Waals surface area contributed by atoms with Crippen molar-refractivity contribution in [2.75, 3.05) is 26.2 Å². The number of hydrogen-bond donors (Lipinski definition) is 12. The Morgan fingerprint density at radius 1 is 0.950 bits per heavy atom. The molecule has 2 heterocycles. The van der Waals surface area contributed by atoms with E-state index in [0.717, 1.165) is 0 Å². The van der Waals surface area contributed by atoms with Gasteiger partial charge < -0.3 is 82.5 Å². The number of carbonyl (C=O) groups is 1. The molecule has 0 aromatic rings. The number of nitrogens with one attached hydrogen (secondary N) is 2. The van der Waals surface area contributed by atoms with E-state index >= 15 is 0 Å². The number of hydrogen-bond acceptors (Lipinski definition) is 16. The Hall–Kier alpha value is -1.13. The van der Waals surface area contributed by atoms with Gasteiger partial charge in [0.15, 0.2) is 12.6 Å². The molecule has 3 rings (SSSR count). The van der Waals surface area contributed by atoms with Crippen molar-refractivity contribution in [1.29, 1.82) is 0 Å². The Balaban J connectivity index is 1.83. The normalized spacial score (nSPS) is 44.9. The smallest absolute Gasteiger partial charge is 0.249 e. The zero-order valence-electron chi connectivity index (χ0n) is 22.3. The minimum Gasteiger partial charge on any atom is -0.394 e. The van der Waals surface area contributed by atoms with Gasteiger partial charge in [0.1, 0.15) is 61.0 Å². The molecule has 8 unspecified atom stereocenters. The van der Waals surface area contributed by atoms with Gasteiger partial charge in [-0.15, -0.1) is 0 Å². The Morgan fingerprint density at radius 2 is 1.57 bits per heavy atom. The summed E-state index contributed by atoms with van der Waals surface area (Å²) in [5.41, 5.74) is 17.8. The first-order chi connectivity index (χ1) is 18.9. The molecule has 17 heteroatoms. The molecule has 0 bridgehead atoms. The van der Waals surface area contributed by atoms with Gasteiger partial charge in [0.05, 0.1) is 18.7 Å². The summed E-state index contributed by atoms with van der Waals surface area (Å²) in [7, 11) is 0. The summed E-state index contributed by atoms with van der Waals surface area (Å²) in [6, 6.07) is -3.30. The monoisotopic (exact) mass is 583 g/mol. The fraction of sp³-hybridized carbons (Fsp3) is 0.957. The molecule has 15 N–H and O–H groups in total. The molecule has 1 aliphatic carbocycles. The predicted octanol–water partition coefficient (Wildman–Crippen LogP) is -7.13. The lowest BCUT2D eigenvalue weighted by atomic mass is 9.83. The van der Waals surface area contributed by atoms with Gasteiger partial charge in [0.2, 0.25) is 5.91 Å². The van der Waals surface area contributed by atoms with Crippen LogP contribution in [-0.4, -0.2) is 160 Å². The van der Waals surface area contributed by atoms with Gasteiger partial charge in [-0.3, -0.25) is 4.79 Å². The first-order valence-corrected chi connectivity index (χ1v) is 13.5. The summed E-state index contributed by atoms with van der Waals surface area (Å²) >= 11 is 0. The molecular weight excluding hydrogens is 538 g/mol. The third-order valence-electron chi connectivity index (χ3n) is 7.52. The first-order valence-electron chi connectivity index (χ1n) is 13.5. The van der Waals surface area contributed by atoms with Crippen LogP contribution in [0.4, 0.5) is 0 Å². The zero-order valence-corrected chi connectivity index (χ0v) is 22.3. The SMILES string of the molecule is CCNC[C@H]1O[C@@H](OC2C(O)[C@H](NC(=O)[C@@H](O)CCN)CC(N)[C@H]2O[C@H]2OC(CO)[C@@H](O)C(O)C2N)C(O)C1O. The van der Waals surface area contributed by atoms with Gasteiger partial charge in [-0.1, -0.05) is 6.92 Å². The van der Waals surface area contributed by atoms with Crippen molar-refractivity contribution in [2.45, 2.75) is 112 Å². The van der Waals surface area contributed by atoms with Crippen molar-refractivity contribution in [1.82, 2.24) is 10.6 Å². The average molecular weight is 584 g/mol. The Morgan fingerprint density at radius 3 is 2.20 bits per heavy atom. The third kappa shape index (κ3) is 7.44. The first kappa shape index (κ1) is 33.4. The molecule has 2 saturated heterocycles. The van der Waals surface area contributed by atoms with Crippen LogP contribution < -0.4 is 27.8 Å². The quantitative estimate of drug-likeness (QED) is 0.102. The van der Waals surface area contributed by atoms with Crippen LogP contribution in [0.1, 0.15) is 19.8 Å². The highest BCUT2D eigenvalue weighted by Crippen LogP contribution is 2.32. The molecule has 0 spiro atoms. The molecule has 234 valence electrons. The van der Waals surface area contributed by atoms with Gasteiger partial charge >= 0.3 is 0 Å². The summed E-state index contributed by atoms with van der Waals surface area (Å²) in [5.74, 6) is -0.793. The summed E-state index contributed by atoms with van der Waals surface area (Å²) in [6.07, 6.45) is -16.5. The molecule has 15 atom stereocenters. The van der Waals surface area contributed by atoms with Crippen LogP contribution in [0.25, 0.3) is 0 Å². The van der Waals surface area contributed by atoms with Gasteiger partial charge in [0.25, 0.3) is 0 Å². The van der Waals surface area contributed by atoms with Crippen LogP contribution in [0, 0.1) is 0 Å². The highest BCUT2D eigenvalue weighted by molar-refractivity contribution is 5.80. The van der Waals surface area contributed by atoms with E-state index in [0.29, 0.717) is 6.54 Å². The second kappa shape index (κ2) is 14.9. The Kier molecular flexibility index (Phi) is 12.4. The lowest BCUT2D eigenvalue weighted by Crippen LogP contribution is -2.69. The van der Waals surface area contributed by atoms with Gasteiger partial charge in [0, 0.05) is 12.6 Å². The molecule has 0 aromatic carbocycles. The van der Waals surface area contributed by atoms with Crippen LogP contribution in [-0.2, 0) is 23.7 Å². The molecule has 3 aliphatic rings. The number of aliphatic hydroxyl groups excluding tert-OH is 7. The number of aliphatic hydroxyl groups is 7. The Bertz CT molecular complexity index is 801. The van der Waals surface area contributed by atoms with Gasteiger partial charge in [-0.05, 0) is 25.9 Å². The summed E-state index contributed by atoms with van der Waals surface area (Å²) in [6.45, 7) is 2.02. The highest BCUT2D eigenvalue weighted by Gasteiger charge is 2.53. The van der Waals surface area contributed by atoms with E-state index in [2.05, 4.69) is 10.6 Å². The molecule has 2 aliphatic heterocycles. The van der Waals surface area contributed by atoms with E-state index in [1.807, 2.05) is 6.92 Å². The van der Waals surface area contributed by atoms with E-state index < -0.39 is 104 Å². The minimum atomic E-state index is -1.54. The predicted molar refractivity (Wildman–Crippen MR) is 135 cm³/mol. The zero-order chi connectivity index (χ0) is 29.7. The van der Waals surface area contributed by atoms with E-state index in [9.17, 15) is 40.5 Å². The van der Waals surface area contributed by atoms with Gasteiger partial charge in [-0.25, -0.2) is 0 Å². The second-order valence-corrected chi connectivity index (χ2v) is 10.4. The number of carbonyl (C=O) groups excluding carboxylic acids is 1. The summed E-state index contributed by atoms with van der Waals surface area (Å²) < 4.78 is 23.1. The number of rotatable bonds is 12. The van der Waals surface area contributed by atoms with E-state index in [4.69, 9.17) is 36.1 Å². The van der Waals surface area contributed by atoms with Crippen LogP contribution in [0.5, 0.6) is 0 Å². The van der Waals surface area contributed by atoms with Crippen molar-refractivity contribution in [3.63, 3.8) is 0 Å². The molecule has 1 amide bonds. The van der Waals surface area contributed by atoms with E-state index in [-0.39, 0.29) is 25.9 Å². The van der Waals surface area contributed by atoms with Crippen molar-refractivity contribution >= 4 is 5.91 Å². The fourth-order valence-corrected chi connectivity index (χ4v) is 5.10. The fourth-order valence-electron chi connectivity index (χ4n) is 5.10. The lowest BCUT2D eigenvalue weighted by molar-refractivity contribution is -0.310. The van der Waals surface area contributed by atoms with Crippen LogP contribution in [0.3, 0.4) is 0 Å². The second-order valence-electron chi connectivity index (χ2n) is 10.4. The standard InChI is InChI=1S/C23H45N5O12/c1-2-27-6-11-15(32)18(35)23(37-11)40-20-14(31)9(28-21(36)10(30)3-4-24)5-8(25)19(20)39-22-13(26)17(34)16(33)12(7-29)38-22/h8-20,22-23,27,29-35H,2-7,24-26H2,1H3,(H,28,36)/t8?,9-,10+,11-,12?,13?,14?,15?,16-,17?,18?,19-,20?,22-,23+/m1/s1. The molecule has 17 nitrogen and oxygen atoms in total. The summed E-state index contributed by atoms with van der Waals surface area (Å²) in [4.78, 5) is 12.5. The molecule has 1 saturated carbocycles. The van der Waals surface area contributed by atoms with Crippen LogP contribution >= 0.6 is 0 Å². The number of amides is 1. The summed E-state index contributed by atoms with van der Waals surface area (Å²) in [5, 5.41) is 77.8. The minimum absolute atomic E-state index is 0.0172. The van der Waals surface area contributed by atoms with Crippen molar-refractivity contribution in [2.24, 2.45) is 17.2 Å². The maximum Gasteiger partial charge on any atom is 0.249 e. The third-order valence-corrected chi connectivity index (χ3v) is 7.52. The lowest BCUT2D eigenvalue weighted by Gasteiger charge is -2.47.